The maximum Gasteiger partial charge on any atom is 0.125 e. The number of hydrogen-bond donors (Lipinski definition) is 1. The van der Waals surface area contributed by atoms with Crippen LogP contribution in [0.15, 0.2) is 36.4 Å². The quantitative estimate of drug-likeness (QED) is 0.610. The molecule has 2 N–H and O–H groups in total. The molecule has 1 aromatic rings. The van der Waals surface area contributed by atoms with E-state index < -0.39 is 5.54 Å². The molecule has 0 aromatic heterocycles. The summed E-state index contributed by atoms with van der Waals surface area (Å²) < 4.78 is 5.49. The molecule has 0 saturated heterocycles. The molecule has 1 heterocycles. The minimum atomic E-state index is -0.450. The zero-order chi connectivity index (χ0) is 9.47. The van der Waals surface area contributed by atoms with E-state index in [0.717, 1.165) is 16.9 Å². The second-order valence-corrected chi connectivity index (χ2v) is 3.59. The minimum Gasteiger partial charge on any atom is -0.489 e. The molecule has 0 bridgehead atoms. The molecule has 1 unspecified atom stereocenters. The monoisotopic (exact) mass is 175 g/mol. The van der Waals surface area contributed by atoms with E-state index in [9.17, 15) is 0 Å². The van der Waals surface area contributed by atoms with Crippen LogP contribution in [0.2, 0.25) is 0 Å². The first kappa shape index (κ1) is 8.32. The van der Waals surface area contributed by atoms with Crippen LogP contribution in [0.5, 0.6) is 5.75 Å². The van der Waals surface area contributed by atoms with Gasteiger partial charge in [0, 0.05) is 5.56 Å². The van der Waals surface area contributed by atoms with Gasteiger partial charge >= 0.3 is 0 Å². The van der Waals surface area contributed by atoms with Crippen molar-refractivity contribution in [1.82, 2.24) is 0 Å². The summed E-state index contributed by atoms with van der Waals surface area (Å²) in [5.74, 6) is 0.875. The highest BCUT2D eigenvalue weighted by Crippen LogP contribution is 2.36. The highest BCUT2D eigenvalue weighted by molar-refractivity contribution is 5.46. The lowest BCUT2D eigenvalue weighted by atomic mass is 9.84. The van der Waals surface area contributed by atoms with E-state index in [1.165, 1.54) is 0 Å². The third-order valence-corrected chi connectivity index (χ3v) is 2.58. The summed E-state index contributed by atoms with van der Waals surface area (Å²) in [6.45, 7) is 6.40. The number of ether oxygens (including phenoxy) is 1. The molecule has 0 radical (unpaired) electrons. The van der Waals surface area contributed by atoms with E-state index in [0.29, 0.717) is 6.61 Å². The van der Waals surface area contributed by atoms with Crippen LogP contribution >= 0.6 is 0 Å². The van der Waals surface area contributed by atoms with Crippen molar-refractivity contribution in [1.29, 1.82) is 0 Å². The van der Waals surface area contributed by atoms with E-state index in [2.05, 4.69) is 6.58 Å². The smallest absolute Gasteiger partial charge is 0.125 e. The van der Waals surface area contributed by atoms with Crippen LogP contribution < -0.4 is 10.5 Å². The van der Waals surface area contributed by atoms with Crippen LogP contribution in [0.1, 0.15) is 12.5 Å². The van der Waals surface area contributed by atoms with Gasteiger partial charge in [0.25, 0.3) is 0 Å². The van der Waals surface area contributed by atoms with Crippen molar-refractivity contribution in [3.8, 4) is 5.75 Å². The van der Waals surface area contributed by atoms with Gasteiger partial charge in [-0.15, -0.1) is 0 Å². The molecule has 0 aliphatic carbocycles. The summed E-state index contributed by atoms with van der Waals surface area (Å²) in [6.07, 6.45) is 0. The third kappa shape index (κ3) is 1.14. The maximum atomic E-state index is 6.15. The molecule has 13 heavy (non-hydrogen) atoms. The first-order chi connectivity index (χ1) is 6.12. The van der Waals surface area contributed by atoms with Crippen LogP contribution in [-0.2, 0) is 5.54 Å². The fraction of sp³-hybridized carbons (Fsp3) is 0.273. The number of benzene rings is 1. The Morgan fingerprint density at radius 1 is 1.46 bits per heavy atom. The van der Waals surface area contributed by atoms with Crippen LogP contribution in [0.4, 0.5) is 0 Å². The average molecular weight is 175 g/mol. The highest BCUT2D eigenvalue weighted by Gasteiger charge is 2.31. The fourth-order valence-electron chi connectivity index (χ4n) is 1.53. The Morgan fingerprint density at radius 3 is 2.92 bits per heavy atom. The summed E-state index contributed by atoms with van der Waals surface area (Å²) in [5.41, 5.74) is 7.65. The van der Waals surface area contributed by atoms with Gasteiger partial charge in [0.2, 0.25) is 0 Å². The first-order valence-corrected chi connectivity index (χ1v) is 4.32. The van der Waals surface area contributed by atoms with Gasteiger partial charge in [-0.1, -0.05) is 24.8 Å². The Labute approximate surface area is 78.0 Å². The van der Waals surface area contributed by atoms with Gasteiger partial charge in [-0.25, -0.2) is 0 Å². The molecule has 1 atom stereocenters. The second kappa shape index (κ2) is 2.60. The molecule has 1 aliphatic heterocycles. The van der Waals surface area contributed by atoms with Crippen molar-refractivity contribution in [2.75, 3.05) is 6.61 Å². The third-order valence-electron chi connectivity index (χ3n) is 2.58. The molecule has 0 saturated carbocycles. The van der Waals surface area contributed by atoms with Crippen molar-refractivity contribution in [2.45, 2.75) is 12.5 Å². The fourth-order valence-corrected chi connectivity index (χ4v) is 1.53. The summed E-state index contributed by atoms with van der Waals surface area (Å²) in [7, 11) is 0. The lowest BCUT2D eigenvalue weighted by Gasteiger charge is -2.34. The number of hydrogen-bond acceptors (Lipinski definition) is 2. The Bertz CT molecular complexity index is 355. The largest absolute Gasteiger partial charge is 0.489 e. The molecule has 2 nitrogen and oxygen atoms in total. The van der Waals surface area contributed by atoms with E-state index in [-0.39, 0.29) is 0 Å². The lowest BCUT2D eigenvalue weighted by molar-refractivity contribution is 0.293. The lowest BCUT2D eigenvalue weighted by Crippen LogP contribution is -2.40. The molecule has 1 aromatic carbocycles. The van der Waals surface area contributed by atoms with Crippen molar-refractivity contribution in [3.05, 3.63) is 42.0 Å². The van der Waals surface area contributed by atoms with Gasteiger partial charge in [-0.3, -0.25) is 0 Å². The summed E-state index contributed by atoms with van der Waals surface area (Å²) in [5, 5.41) is 0. The van der Waals surface area contributed by atoms with Crippen LogP contribution in [-0.4, -0.2) is 6.61 Å². The summed E-state index contributed by atoms with van der Waals surface area (Å²) >= 11 is 0. The number of fused-ring (bicyclic) bond motifs is 1. The van der Waals surface area contributed by atoms with E-state index in [1.54, 1.807) is 0 Å². The molecular formula is C11H13NO. The Morgan fingerprint density at radius 2 is 2.15 bits per heavy atom. The predicted molar refractivity (Wildman–Crippen MR) is 52.6 cm³/mol. The van der Waals surface area contributed by atoms with Crippen molar-refractivity contribution < 1.29 is 4.74 Å². The molecule has 1 aliphatic rings. The van der Waals surface area contributed by atoms with Gasteiger partial charge < -0.3 is 10.5 Å². The SMILES string of the molecule is C=C1COc2ccccc2C1(C)N. The number of nitrogens with two attached hydrogens (primary N) is 1. The van der Waals surface area contributed by atoms with E-state index in [1.807, 2.05) is 31.2 Å². The van der Waals surface area contributed by atoms with Gasteiger partial charge in [0.1, 0.15) is 12.4 Å². The average Bonchev–Trinajstić information content (AvgIpc) is 2.13. The van der Waals surface area contributed by atoms with E-state index in [4.69, 9.17) is 10.5 Å². The van der Waals surface area contributed by atoms with Gasteiger partial charge in [-0.05, 0) is 18.6 Å². The Hall–Kier alpha value is -1.28. The molecule has 0 amide bonds. The molecule has 68 valence electrons. The number of para-hydroxylation sites is 1. The van der Waals surface area contributed by atoms with Crippen molar-refractivity contribution >= 4 is 0 Å². The van der Waals surface area contributed by atoms with Crippen LogP contribution in [0.3, 0.4) is 0 Å². The zero-order valence-corrected chi connectivity index (χ0v) is 7.71. The van der Waals surface area contributed by atoms with Crippen LogP contribution in [0.25, 0.3) is 0 Å². The number of rotatable bonds is 0. The molecule has 0 fully saturated rings. The zero-order valence-electron chi connectivity index (χ0n) is 7.71. The molecule has 2 rings (SSSR count). The maximum absolute atomic E-state index is 6.15. The van der Waals surface area contributed by atoms with Gasteiger partial charge in [0.05, 0.1) is 5.54 Å². The normalized spacial score (nSPS) is 26.5. The van der Waals surface area contributed by atoms with E-state index >= 15 is 0 Å². The Kier molecular flexibility index (Phi) is 1.67. The van der Waals surface area contributed by atoms with Gasteiger partial charge in [0.15, 0.2) is 0 Å². The van der Waals surface area contributed by atoms with Gasteiger partial charge in [-0.2, -0.15) is 0 Å². The predicted octanol–water partition coefficient (Wildman–Crippen LogP) is 1.81. The molecular weight excluding hydrogens is 162 g/mol. The van der Waals surface area contributed by atoms with Crippen molar-refractivity contribution in [3.63, 3.8) is 0 Å². The summed E-state index contributed by atoms with van der Waals surface area (Å²) in [4.78, 5) is 0. The first-order valence-electron chi connectivity index (χ1n) is 4.32. The topological polar surface area (TPSA) is 35.2 Å². The summed E-state index contributed by atoms with van der Waals surface area (Å²) in [6, 6.07) is 7.83. The highest BCUT2D eigenvalue weighted by atomic mass is 16.5. The molecule has 2 heteroatoms. The molecule has 0 spiro atoms. The standard InChI is InChI=1S/C11H13NO/c1-8-7-13-10-6-4-3-5-9(10)11(8,2)12/h3-6H,1,7,12H2,2H3. The Balaban J connectivity index is 2.59. The van der Waals surface area contributed by atoms with Crippen molar-refractivity contribution in [2.24, 2.45) is 5.73 Å². The minimum absolute atomic E-state index is 0.450. The van der Waals surface area contributed by atoms with Crippen LogP contribution in [0, 0.1) is 0 Å². The second-order valence-electron chi connectivity index (χ2n) is 3.59.